The van der Waals surface area contributed by atoms with Crippen LogP contribution in [0.25, 0.3) is 10.4 Å². The van der Waals surface area contributed by atoms with E-state index < -0.39 is 6.10 Å². The van der Waals surface area contributed by atoms with E-state index in [0.29, 0.717) is 11.5 Å². The number of rotatable bonds is 5. The van der Waals surface area contributed by atoms with Gasteiger partial charge in [0.1, 0.15) is 17.6 Å². The molecule has 0 aliphatic heterocycles. The standard InChI is InChI=1S/C7H11BN6O2/c1-16-4-11-7-6(10-3-14(7)8)5(15)2-12-13-9/h3-5,15H,2,8H2,1H3/b11-4+/t5-/m1/s1. The van der Waals surface area contributed by atoms with Crippen molar-refractivity contribution >= 4 is 20.2 Å². The van der Waals surface area contributed by atoms with Gasteiger partial charge in [0.15, 0.2) is 6.40 Å². The number of hydrogen-bond acceptors (Lipinski definition) is 5. The highest BCUT2D eigenvalue weighted by Crippen LogP contribution is 2.23. The predicted octanol–water partition coefficient (Wildman–Crippen LogP) is -0.0708. The van der Waals surface area contributed by atoms with Crippen molar-refractivity contribution in [3.63, 3.8) is 0 Å². The number of aliphatic imine (C=N–C) groups is 1. The maximum atomic E-state index is 9.69. The fourth-order valence-corrected chi connectivity index (χ4v) is 1.14. The second-order valence-corrected chi connectivity index (χ2v) is 2.96. The summed E-state index contributed by atoms with van der Waals surface area (Å²) in [6, 6.07) is 0. The summed E-state index contributed by atoms with van der Waals surface area (Å²) in [6.07, 6.45) is 1.78. The molecule has 0 unspecified atom stereocenters. The quantitative estimate of drug-likeness (QED) is 0.188. The van der Waals surface area contributed by atoms with Gasteiger partial charge in [-0.2, -0.15) is 0 Å². The molecule has 1 atom stereocenters. The summed E-state index contributed by atoms with van der Waals surface area (Å²) in [7, 11) is 3.20. The van der Waals surface area contributed by atoms with Gasteiger partial charge in [-0.15, -0.1) is 0 Å². The van der Waals surface area contributed by atoms with E-state index in [-0.39, 0.29) is 6.54 Å². The van der Waals surface area contributed by atoms with Gasteiger partial charge in [-0.1, -0.05) is 5.11 Å². The highest BCUT2D eigenvalue weighted by Gasteiger charge is 2.15. The van der Waals surface area contributed by atoms with Gasteiger partial charge in [0.25, 0.3) is 0 Å². The normalized spacial score (nSPS) is 12.4. The fraction of sp³-hybridized carbons (Fsp3) is 0.429. The van der Waals surface area contributed by atoms with Crippen LogP contribution in [0.15, 0.2) is 16.4 Å². The van der Waals surface area contributed by atoms with E-state index in [4.69, 9.17) is 5.53 Å². The minimum Gasteiger partial charge on any atom is -0.486 e. The van der Waals surface area contributed by atoms with Crippen LogP contribution in [0.4, 0.5) is 5.82 Å². The van der Waals surface area contributed by atoms with Gasteiger partial charge in [-0.05, 0) is 5.53 Å². The number of aromatic nitrogens is 2. The fourth-order valence-electron chi connectivity index (χ4n) is 1.14. The number of hydrogen-bond donors (Lipinski definition) is 1. The van der Waals surface area contributed by atoms with Crippen molar-refractivity contribution in [3.8, 4) is 0 Å². The first-order valence-electron chi connectivity index (χ1n) is 4.46. The van der Waals surface area contributed by atoms with E-state index in [2.05, 4.69) is 24.7 Å². The van der Waals surface area contributed by atoms with Crippen LogP contribution in [0.3, 0.4) is 0 Å². The van der Waals surface area contributed by atoms with Gasteiger partial charge in [-0.3, -0.25) is 0 Å². The lowest BCUT2D eigenvalue weighted by molar-refractivity contribution is 0.183. The smallest absolute Gasteiger partial charge is 0.226 e. The maximum Gasteiger partial charge on any atom is 0.226 e. The van der Waals surface area contributed by atoms with Crippen molar-refractivity contribution in [2.24, 2.45) is 10.1 Å². The Balaban J connectivity index is 2.94. The van der Waals surface area contributed by atoms with Gasteiger partial charge in [-0.25, -0.2) is 9.98 Å². The molecule has 0 aliphatic carbocycles. The summed E-state index contributed by atoms with van der Waals surface area (Å²) in [5.41, 5.74) is 8.50. The zero-order valence-corrected chi connectivity index (χ0v) is 8.98. The number of methoxy groups -OCH3 is 1. The van der Waals surface area contributed by atoms with E-state index in [1.165, 1.54) is 19.8 Å². The topological polar surface area (TPSA) is 108 Å². The molecule has 1 aromatic heterocycles. The average Bonchev–Trinajstić information content (AvgIpc) is 2.65. The Morgan fingerprint density at radius 3 is 3.25 bits per heavy atom. The Morgan fingerprint density at radius 2 is 2.62 bits per heavy atom. The number of ether oxygens (including phenoxy) is 1. The molecule has 1 rings (SSSR count). The van der Waals surface area contributed by atoms with Gasteiger partial charge in [0.05, 0.1) is 20.0 Å². The van der Waals surface area contributed by atoms with Crippen LogP contribution in [0, 0.1) is 0 Å². The Hall–Kier alpha value is -1.99. The van der Waals surface area contributed by atoms with Gasteiger partial charge >= 0.3 is 0 Å². The summed E-state index contributed by atoms with van der Waals surface area (Å²) in [5.74, 6) is 0.461. The SMILES string of the molecule is Bn1cnc([C@H](O)CN=[N+]=[N-])c1/N=C/OC. The molecule has 9 heteroatoms. The molecule has 0 saturated heterocycles. The molecule has 0 spiro atoms. The third-order valence-corrected chi connectivity index (χ3v) is 1.85. The van der Waals surface area contributed by atoms with Gasteiger partial charge in [0, 0.05) is 4.91 Å². The van der Waals surface area contributed by atoms with Gasteiger partial charge < -0.3 is 14.3 Å². The number of nitrogens with zero attached hydrogens (tertiary/aromatic N) is 6. The minimum absolute atomic E-state index is 0.0803. The number of imidazole rings is 1. The molecular formula is C7H11BN6O2. The first kappa shape index (κ1) is 12.1. The highest BCUT2D eigenvalue weighted by molar-refractivity contribution is 6.08. The molecule has 1 N–H and O–H groups in total. The molecule has 0 bridgehead atoms. The number of aliphatic hydroxyl groups is 1. The Labute approximate surface area is 92.6 Å². The largest absolute Gasteiger partial charge is 0.486 e. The third kappa shape index (κ3) is 2.75. The number of aliphatic hydroxyl groups excluding tert-OH is 1. The van der Waals surface area contributed by atoms with Crippen LogP contribution < -0.4 is 0 Å². The highest BCUT2D eigenvalue weighted by atomic mass is 16.5. The summed E-state index contributed by atoms with van der Waals surface area (Å²) >= 11 is 0. The summed E-state index contributed by atoms with van der Waals surface area (Å²) < 4.78 is 6.32. The van der Waals surface area contributed by atoms with Gasteiger partial charge in [0.2, 0.25) is 7.98 Å². The van der Waals surface area contributed by atoms with Crippen molar-refractivity contribution in [2.45, 2.75) is 6.10 Å². The molecule has 84 valence electrons. The second-order valence-electron chi connectivity index (χ2n) is 2.96. The predicted molar refractivity (Wildman–Crippen MR) is 60.3 cm³/mol. The second kappa shape index (κ2) is 5.79. The Bertz CT molecular complexity index is 425. The molecule has 0 amide bonds. The van der Waals surface area contributed by atoms with Crippen molar-refractivity contribution in [1.29, 1.82) is 0 Å². The lowest BCUT2D eigenvalue weighted by Crippen LogP contribution is -2.02. The molecular weight excluding hydrogens is 211 g/mol. The van der Waals surface area contributed by atoms with Crippen LogP contribution in [0.2, 0.25) is 0 Å². The molecule has 8 nitrogen and oxygen atoms in total. The van der Waals surface area contributed by atoms with Crippen molar-refractivity contribution < 1.29 is 9.84 Å². The lowest BCUT2D eigenvalue weighted by Gasteiger charge is -2.05. The molecule has 0 aliphatic rings. The molecule has 0 aromatic carbocycles. The Morgan fingerprint density at radius 1 is 1.88 bits per heavy atom. The van der Waals surface area contributed by atoms with E-state index in [1.54, 1.807) is 12.5 Å². The molecule has 1 aromatic rings. The van der Waals surface area contributed by atoms with Crippen molar-refractivity contribution in [2.75, 3.05) is 13.7 Å². The number of azide groups is 1. The Kier molecular flexibility index (Phi) is 4.37. The van der Waals surface area contributed by atoms with Crippen LogP contribution >= 0.6 is 0 Å². The first-order chi connectivity index (χ1) is 7.70. The third-order valence-electron chi connectivity index (χ3n) is 1.85. The molecule has 0 fully saturated rings. The van der Waals surface area contributed by atoms with Crippen molar-refractivity contribution in [1.82, 2.24) is 9.46 Å². The lowest BCUT2D eigenvalue weighted by atomic mass is 10.2. The zero-order valence-electron chi connectivity index (χ0n) is 8.98. The molecule has 0 saturated carbocycles. The van der Waals surface area contributed by atoms with Crippen LogP contribution in [0.1, 0.15) is 11.8 Å². The minimum atomic E-state index is -0.971. The van der Waals surface area contributed by atoms with Crippen molar-refractivity contribution in [3.05, 3.63) is 22.5 Å². The van der Waals surface area contributed by atoms with Crippen LogP contribution in [-0.4, -0.2) is 42.6 Å². The zero-order chi connectivity index (χ0) is 12.0. The van der Waals surface area contributed by atoms with Crippen LogP contribution in [-0.2, 0) is 4.74 Å². The summed E-state index contributed by atoms with van der Waals surface area (Å²) in [4.78, 5) is 10.5. The van der Waals surface area contributed by atoms with E-state index >= 15 is 0 Å². The summed E-state index contributed by atoms with van der Waals surface area (Å²) in [6.45, 7) is -0.0803. The van der Waals surface area contributed by atoms with E-state index in [0.717, 1.165) is 0 Å². The average molecular weight is 222 g/mol. The first-order valence-corrected chi connectivity index (χ1v) is 4.46. The van der Waals surface area contributed by atoms with Crippen LogP contribution in [0.5, 0.6) is 0 Å². The van der Waals surface area contributed by atoms with E-state index in [1.807, 2.05) is 0 Å². The maximum absolute atomic E-state index is 9.69. The van der Waals surface area contributed by atoms with E-state index in [9.17, 15) is 5.11 Å². The molecule has 1 heterocycles. The summed E-state index contributed by atoms with van der Waals surface area (Å²) in [5, 5.41) is 13.0. The molecule has 0 radical (unpaired) electrons. The monoisotopic (exact) mass is 222 g/mol. The molecule has 16 heavy (non-hydrogen) atoms.